The third-order valence-corrected chi connectivity index (χ3v) is 5.91. The Morgan fingerprint density at radius 1 is 0.906 bits per heavy atom. The van der Waals surface area contributed by atoms with Crippen LogP contribution in [0.15, 0.2) is 54.6 Å². The predicted octanol–water partition coefficient (Wildman–Crippen LogP) is 4.25. The molecule has 2 unspecified atom stereocenters. The number of hydrogen-bond acceptors (Lipinski definition) is 7. The number of methoxy groups -OCH3 is 1. The molecule has 0 aliphatic carbocycles. The van der Waals surface area contributed by atoms with Crippen LogP contribution in [0.5, 0.6) is 28.7 Å². The van der Waals surface area contributed by atoms with Gasteiger partial charge in [0.1, 0.15) is 40.4 Å². The average Bonchev–Trinajstić information content (AvgIpc) is 2.78. The Bertz CT molecular complexity index is 1210. The highest BCUT2D eigenvalue weighted by Gasteiger charge is 2.38. The van der Waals surface area contributed by atoms with Crippen LogP contribution in [0.1, 0.15) is 51.9 Å². The number of ketones is 1. The molecule has 5 rings (SSSR count). The lowest BCUT2D eigenvalue weighted by atomic mass is 9.83. The largest absolute Gasteiger partial charge is 0.508 e. The molecule has 7 heteroatoms. The van der Waals surface area contributed by atoms with E-state index in [4.69, 9.17) is 14.2 Å². The molecule has 7 nitrogen and oxygen atoms in total. The summed E-state index contributed by atoms with van der Waals surface area (Å²) in [5.74, 6) is -0.329. The quantitative estimate of drug-likeness (QED) is 0.471. The van der Waals surface area contributed by atoms with Gasteiger partial charge in [-0.3, -0.25) is 9.59 Å². The molecule has 2 atom stereocenters. The van der Waals surface area contributed by atoms with Gasteiger partial charge in [-0.25, -0.2) is 0 Å². The van der Waals surface area contributed by atoms with Crippen molar-refractivity contribution in [1.82, 2.24) is 0 Å². The van der Waals surface area contributed by atoms with E-state index in [0.29, 0.717) is 11.3 Å². The van der Waals surface area contributed by atoms with E-state index in [1.165, 1.54) is 18.2 Å². The Kier molecular flexibility index (Phi) is 4.74. The van der Waals surface area contributed by atoms with Crippen LogP contribution in [-0.2, 0) is 4.79 Å². The number of hydrogen-bond donors (Lipinski definition) is 2. The Labute approximate surface area is 183 Å². The van der Waals surface area contributed by atoms with Crippen molar-refractivity contribution in [2.24, 2.45) is 0 Å². The highest BCUT2D eigenvalue weighted by Crippen LogP contribution is 2.51. The van der Waals surface area contributed by atoms with Crippen LogP contribution in [0.2, 0.25) is 0 Å². The van der Waals surface area contributed by atoms with Crippen molar-refractivity contribution in [2.75, 3.05) is 7.11 Å². The summed E-state index contributed by atoms with van der Waals surface area (Å²) in [6.45, 7) is 0. The number of ether oxygens (including phenoxy) is 3. The zero-order chi connectivity index (χ0) is 22.4. The van der Waals surface area contributed by atoms with Crippen molar-refractivity contribution in [2.45, 2.75) is 24.9 Å². The normalized spacial score (nSPS) is 19.4. The first-order valence-corrected chi connectivity index (χ1v) is 10.2. The van der Waals surface area contributed by atoms with E-state index in [-0.39, 0.29) is 47.2 Å². The molecule has 3 aromatic carbocycles. The molecule has 0 saturated heterocycles. The van der Waals surface area contributed by atoms with Crippen LogP contribution >= 0.6 is 0 Å². The van der Waals surface area contributed by atoms with Crippen molar-refractivity contribution in [3.63, 3.8) is 0 Å². The van der Waals surface area contributed by atoms with Gasteiger partial charge in [0.15, 0.2) is 5.78 Å². The van der Waals surface area contributed by atoms with Gasteiger partial charge in [-0.05, 0) is 35.4 Å². The maximum atomic E-state index is 13.0. The fourth-order valence-corrected chi connectivity index (χ4v) is 4.31. The van der Waals surface area contributed by atoms with E-state index < -0.39 is 18.0 Å². The molecule has 2 aliphatic heterocycles. The summed E-state index contributed by atoms with van der Waals surface area (Å²) in [6.07, 6.45) is -0.464. The topological polar surface area (TPSA) is 102 Å². The van der Waals surface area contributed by atoms with Crippen molar-refractivity contribution in [3.8, 4) is 28.7 Å². The van der Waals surface area contributed by atoms with E-state index in [1.54, 1.807) is 31.4 Å². The smallest absolute Gasteiger partial charge is 0.312 e. The minimum absolute atomic E-state index is 0.00758. The Balaban J connectivity index is 1.57. The molecule has 32 heavy (non-hydrogen) atoms. The Hall–Kier alpha value is -4.00. The number of phenols is 2. The standard InChI is InChI=1S/C25H20O7/c1-30-16-8-4-14(5-9-16)19-11-18(27)24-21(31-19)12-20-23(25(24)29)17(10-22(28)32-20)13-2-6-15(26)7-3-13/h2-9,12,17,19,26,29H,10-11H2,1H3. The molecule has 0 radical (unpaired) electrons. The van der Waals surface area contributed by atoms with E-state index in [9.17, 15) is 19.8 Å². The first-order chi connectivity index (χ1) is 15.4. The van der Waals surface area contributed by atoms with Gasteiger partial charge in [-0.1, -0.05) is 24.3 Å². The van der Waals surface area contributed by atoms with E-state index in [0.717, 1.165) is 11.1 Å². The Morgan fingerprint density at radius 2 is 1.59 bits per heavy atom. The van der Waals surface area contributed by atoms with Gasteiger partial charge in [-0.2, -0.15) is 0 Å². The summed E-state index contributed by atoms with van der Waals surface area (Å²) in [5, 5.41) is 20.7. The van der Waals surface area contributed by atoms with Crippen molar-refractivity contribution in [3.05, 3.63) is 76.9 Å². The molecule has 0 aromatic heterocycles. The van der Waals surface area contributed by atoms with E-state index >= 15 is 0 Å². The second-order valence-electron chi connectivity index (χ2n) is 7.84. The molecule has 0 amide bonds. The second kappa shape index (κ2) is 7.60. The predicted molar refractivity (Wildman–Crippen MR) is 114 cm³/mol. The molecule has 2 heterocycles. The lowest BCUT2D eigenvalue weighted by Gasteiger charge is -2.31. The molecule has 0 fully saturated rings. The zero-order valence-electron chi connectivity index (χ0n) is 17.2. The molecule has 162 valence electrons. The number of carbonyl (C=O) groups excluding carboxylic acids is 2. The van der Waals surface area contributed by atoms with Crippen molar-refractivity contribution < 1.29 is 34.0 Å². The molecule has 0 bridgehead atoms. The highest BCUT2D eigenvalue weighted by atomic mass is 16.5. The van der Waals surface area contributed by atoms with Gasteiger partial charge in [0.05, 0.1) is 20.0 Å². The van der Waals surface area contributed by atoms with Crippen molar-refractivity contribution >= 4 is 11.8 Å². The summed E-state index contributed by atoms with van der Waals surface area (Å²) >= 11 is 0. The highest BCUT2D eigenvalue weighted by molar-refractivity contribution is 6.03. The van der Waals surface area contributed by atoms with Crippen LogP contribution in [0, 0.1) is 0 Å². The number of fused-ring (bicyclic) bond motifs is 2. The number of carbonyl (C=O) groups is 2. The fraction of sp³-hybridized carbons (Fsp3) is 0.200. The fourth-order valence-electron chi connectivity index (χ4n) is 4.31. The third-order valence-electron chi connectivity index (χ3n) is 5.91. The Morgan fingerprint density at radius 3 is 2.28 bits per heavy atom. The summed E-state index contributed by atoms with van der Waals surface area (Å²) in [6, 6.07) is 15.1. The third kappa shape index (κ3) is 3.32. The maximum absolute atomic E-state index is 13.0. The molecule has 3 aromatic rings. The molecular formula is C25H20O7. The van der Waals surface area contributed by atoms with Gasteiger partial charge >= 0.3 is 5.97 Å². The molecule has 0 saturated carbocycles. The summed E-state index contributed by atoms with van der Waals surface area (Å²) in [4.78, 5) is 25.3. The van der Waals surface area contributed by atoms with Crippen molar-refractivity contribution in [1.29, 1.82) is 0 Å². The van der Waals surface area contributed by atoms with Crippen LogP contribution in [0.25, 0.3) is 0 Å². The van der Waals surface area contributed by atoms with E-state index in [1.807, 2.05) is 12.1 Å². The number of rotatable bonds is 3. The van der Waals surface area contributed by atoms with Gasteiger partial charge in [0.2, 0.25) is 0 Å². The lowest BCUT2D eigenvalue weighted by Crippen LogP contribution is -2.25. The van der Waals surface area contributed by atoms with Crippen LogP contribution < -0.4 is 14.2 Å². The van der Waals surface area contributed by atoms with Crippen LogP contribution in [0.3, 0.4) is 0 Å². The number of esters is 1. The van der Waals surface area contributed by atoms with Gasteiger partial charge in [-0.15, -0.1) is 0 Å². The van der Waals surface area contributed by atoms with Crippen LogP contribution in [0.4, 0.5) is 0 Å². The monoisotopic (exact) mass is 432 g/mol. The van der Waals surface area contributed by atoms with Gasteiger partial charge < -0.3 is 24.4 Å². The first kappa shape index (κ1) is 19.9. The van der Waals surface area contributed by atoms with Gasteiger partial charge in [0.25, 0.3) is 0 Å². The summed E-state index contributed by atoms with van der Waals surface area (Å²) in [7, 11) is 1.57. The minimum atomic E-state index is -0.537. The maximum Gasteiger partial charge on any atom is 0.312 e. The van der Waals surface area contributed by atoms with E-state index in [2.05, 4.69) is 0 Å². The first-order valence-electron chi connectivity index (χ1n) is 10.2. The summed E-state index contributed by atoms with van der Waals surface area (Å²) < 4.78 is 16.6. The number of aromatic hydroxyl groups is 2. The van der Waals surface area contributed by atoms with Crippen LogP contribution in [-0.4, -0.2) is 29.1 Å². The molecule has 0 spiro atoms. The van der Waals surface area contributed by atoms with Gasteiger partial charge in [0, 0.05) is 17.5 Å². The number of benzene rings is 3. The lowest BCUT2D eigenvalue weighted by molar-refractivity contribution is -0.135. The number of Topliss-reactive ketones (excluding diaryl/α,β-unsaturated/α-hetero) is 1. The molecule has 2 N–H and O–H groups in total. The second-order valence-corrected chi connectivity index (χ2v) is 7.84. The molecule has 2 aliphatic rings. The average molecular weight is 432 g/mol. The molecular weight excluding hydrogens is 412 g/mol. The zero-order valence-corrected chi connectivity index (χ0v) is 17.2. The minimum Gasteiger partial charge on any atom is -0.508 e. The summed E-state index contributed by atoms with van der Waals surface area (Å²) in [5.41, 5.74) is 1.97. The number of phenolic OH excluding ortho intramolecular Hbond substituents is 2. The SMILES string of the molecule is COc1ccc(C2CC(=O)c3c(cc4c(c3O)C(c3ccc(O)cc3)CC(=O)O4)O2)cc1.